The average Bonchev–Trinajstić information content (AvgIpc) is 3.54. The summed E-state index contributed by atoms with van der Waals surface area (Å²) in [5.41, 5.74) is 2.19. The lowest BCUT2D eigenvalue weighted by molar-refractivity contribution is 0.361. The maximum absolute atomic E-state index is 5.72. The van der Waals surface area contributed by atoms with Gasteiger partial charge in [0.2, 0.25) is 11.8 Å². The van der Waals surface area contributed by atoms with E-state index in [1.54, 1.807) is 31.9 Å². The minimum Gasteiger partial charge on any atom is -0.481 e. The highest BCUT2D eigenvalue weighted by Gasteiger charge is 2.32. The Morgan fingerprint density at radius 3 is 2.78 bits per heavy atom. The third kappa shape index (κ3) is 3.84. The Bertz CT molecular complexity index is 1240. The number of aromatic nitrogens is 7. The van der Waals surface area contributed by atoms with E-state index in [0.717, 1.165) is 30.8 Å². The first kappa shape index (κ1) is 19.9. The molecule has 1 fully saturated rings. The molecule has 32 heavy (non-hydrogen) atoms. The summed E-state index contributed by atoms with van der Waals surface area (Å²) in [4.78, 5) is 24.4. The van der Waals surface area contributed by atoms with Crippen molar-refractivity contribution in [3.8, 4) is 17.3 Å². The van der Waals surface area contributed by atoms with E-state index in [0.29, 0.717) is 34.9 Å². The van der Waals surface area contributed by atoms with Gasteiger partial charge in [0.25, 0.3) is 0 Å². The number of methoxy groups -OCH3 is 1. The first-order valence-corrected chi connectivity index (χ1v) is 10.3. The molecule has 11 nitrogen and oxygen atoms in total. The van der Waals surface area contributed by atoms with Crippen molar-refractivity contribution >= 4 is 17.6 Å². The number of rotatable bonds is 6. The third-order valence-corrected chi connectivity index (χ3v) is 5.35. The van der Waals surface area contributed by atoms with Gasteiger partial charge in [0.05, 0.1) is 25.2 Å². The lowest BCUT2D eigenvalue weighted by atomic mass is 10.1. The lowest BCUT2D eigenvalue weighted by Gasteiger charge is -2.23. The number of hydrogen-bond donors (Lipinski definition) is 1. The number of nitrogens with zero attached hydrogens (tertiary/aromatic N) is 8. The smallest absolute Gasteiger partial charge is 0.231 e. The maximum Gasteiger partial charge on any atom is 0.231 e. The van der Waals surface area contributed by atoms with Crippen LogP contribution in [-0.4, -0.2) is 48.3 Å². The summed E-state index contributed by atoms with van der Waals surface area (Å²) in [6, 6.07) is 3.63. The summed E-state index contributed by atoms with van der Waals surface area (Å²) < 4.78 is 13.0. The fraction of sp³-hybridized carbons (Fsp3) is 0.333. The first-order valence-electron chi connectivity index (χ1n) is 10.3. The molecule has 0 amide bonds. The van der Waals surface area contributed by atoms with Gasteiger partial charge in [-0.1, -0.05) is 5.16 Å². The largest absolute Gasteiger partial charge is 0.481 e. The van der Waals surface area contributed by atoms with Crippen LogP contribution in [0.4, 0.5) is 17.6 Å². The standard InChI is InChI=1S/C21H23N9O2/c1-13-20(23-7-6-22-13)14-9-16(32-28-14)15-5-4-8-30(15)21-26-17(10-19(27-21)31-3)25-18-11-29(2)12-24-18/h6-7,9-12,15H,4-5,8H2,1-3H3,(H,25,26,27). The van der Waals surface area contributed by atoms with E-state index in [1.807, 2.05) is 30.8 Å². The molecule has 1 aliphatic heterocycles. The molecule has 1 atom stereocenters. The predicted molar refractivity (Wildman–Crippen MR) is 117 cm³/mol. The molecule has 11 heteroatoms. The molecule has 0 spiro atoms. The second-order valence-corrected chi connectivity index (χ2v) is 7.60. The summed E-state index contributed by atoms with van der Waals surface area (Å²) in [5, 5.41) is 7.45. The molecule has 164 valence electrons. The number of anilines is 3. The van der Waals surface area contributed by atoms with Gasteiger partial charge in [0.15, 0.2) is 5.76 Å². The second-order valence-electron chi connectivity index (χ2n) is 7.60. The van der Waals surface area contributed by atoms with Crippen molar-refractivity contribution in [3.05, 3.63) is 48.5 Å². The first-order chi connectivity index (χ1) is 15.6. The van der Waals surface area contributed by atoms with Crippen LogP contribution >= 0.6 is 0 Å². The van der Waals surface area contributed by atoms with Crippen LogP contribution in [0.15, 0.2) is 41.6 Å². The number of aryl methyl sites for hydroxylation is 2. The summed E-state index contributed by atoms with van der Waals surface area (Å²) >= 11 is 0. The van der Waals surface area contributed by atoms with E-state index >= 15 is 0 Å². The molecule has 5 heterocycles. The fourth-order valence-electron chi connectivity index (χ4n) is 3.84. The molecule has 1 aliphatic rings. The predicted octanol–water partition coefficient (Wildman–Crippen LogP) is 3.06. The van der Waals surface area contributed by atoms with Crippen LogP contribution in [0.2, 0.25) is 0 Å². The SMILES string of the molecule is COc1cc(Nc2cn(C)cn2)nc(N2CCCC2c2cc(-c3nccnc3C)no2)n1. The number of imidazole rings is 1. The van der Waals surface area contributed by atoms with Gasteiger partial charge in [-0.25, -0.2) is 4.98 Å². The quantitative estimate of drug-likeness (QED) is 0.486. The Morgan fingerprint density at radius 1 is 1.12 bits per heavy atom. The van der Waals surface area contributed by atoms with Crippen LogP contribution in [0.5, 0.6) is 5.88 Å². The third-order valence-electron chi connectivity index (χ3n) is 5.35. The zero-order chi connectivity index (χ0) is 22.1. The molecule has 4 aromatic rings. The van der Waals surface area contributed by atoms with Crippen LogP contribution in [0, 0.1) is 6.92 Å². The van der Waals surface area contributed by atoms with E-state index in [4.69, 9.17) is 14.2 Å². The van der Waals surface area contributed by atoms with Crippen molar-refractivity contribution < 1.29 is 9.26 Å². The fourth-order valence-corrected chi connectivity index (χ4v) is 3.84. The van der Waals surface area contributed by atoms with Crippen molar-refractivity contribution in [2.45, 2.75) is 25.8 Å². The second kappa shape index (κ2) is 8.25. The van der Waals surface area contributed by atoms with Crippen molar-refractivity contribution in [2.24, 2.45) is 7.05 Å². The Hall–Kier alpha value is -4.02. The number of nitrogens with one attached hydrogen (secondary N) is 1. The van der Waals surface area contributed by atoms with Crippen molar-refractivity contribution in [1.82, 2.24) is 34.6 Å². The van der Waals surface area contributed by atoms with Crippen LogP contribution in [0.25, 0.3) is 11.4 Å². The molecule has 0 saturated carbocycles. The van der Waals surface area contributed by atoms with Crippen LogP contribution in [0.1, 0.15) is 30.3 Å². The van der Waals surface area contributed by atoms with E-state index in [-0.39, 0.29) is 6.04 Å². The molecule has 0 aromatic carbocycles. The Balaban J connectivity index is 1.44. The van der Waals surface area contributed by atoms with Crippen molar-refractivity contribution in [2.75, 3.05) is 23.9 Å². The molecule has 0 aliphatic carbocycles. The molecule has 5 rings (SSSR count). The monoisotopic (exact) mass is 433 g/mol. The zero-order valence-electron chi connectivity index (χ0n) is 18.1. The highest BCUT2D eigenvalue weighted by Crippen LogP contribution is 2.37. The molecule has 1 saturated heterocycles. The van der Waals surface area contributed by atoms with Gasteiger partial charge in [0, 0.05) is 44.3 Å². The summed E-state index contributed by atoms with van der Waals surface area (Å²) in [5.74, 6) is 3.06. The van der Waals surface area contributed by atoms with E-state index in [1.165, 1.54) is 0 Å². The van der Waals surface area contributed by atoms with Crippen LogP contribution in [0.3, 0.4) is 0 Å². The zero-order valence-corrected chi connectivity index (χ0v) is 18.1. The van der Waals surface area contributed by atoms with Gasteiger partial charge in [-0.05, 0) is 19.8 Å². The summed E-state index contributed by atoms with van der Waals surface area (Å²) in [6.07, 6.45) is 8.79. The number of ether oxygens (including phenoxy) is 1. The van der Waals surface area contributed by atoms with Crippen molar-refractivity contribution in [3.63, 3.8) is 0 Å². The van der Waals surface area contributed by atoms with Crippen LogP contribution < -0.4 is 15.0 Å². The van der Waals surface area contributed by atoms with Crippen molar-refractivity contribution in [1.29, 1.82) is 0 Å². The van der Waals surface area contributed by atoms with Gasteiger partial charge in [0.1, 0.15) is 23.0 Å². The highest BCUT2D eigenvalue weighted by molar-refractivity contribution is 5.58. The minimum atomic E-state index is -0.0389. The molecular weight excluding hydrogens is 410 g/mol. The molecule has 0 bridgehead atoms. The normalized spacial score (nSPS) is 15.8. The van der Waals surface area contributed by atoms with E-state index < -0.39 is 0 Å². The van der Waals surface area contributed by atoms with Gasteiger partial charge in [-0.3, -0.25) is 9.97 Å². The highest BCUT2D eigenvalue weighted by atomic mass is 16.5. The van der Waals surface area contributed by atoms with Gasteiger partial charge in [-0.15, -0.1) is 0 Å². The molecule has 4 aromatic heterocycles. The van der Waals surface area contributed by atoms with Gasteiger partial charge in [-0.2, -0.15) is 9.97 Å². The number of hydrogen-bond acceptors (Lipinski definition) is 10. The average molecular weight is 433 g/mol. The molecular formula is C21H23N9O2. The summed E-state index contributed by atoms with van der Waals surface area (Å²) in [7, 11) is 3.50. The maximum atomic E-state index is 5.72. The molecule has 0 radical (unpaired) electrons. The van der Waals surface area contributed by atoms with Gasteiger partial charge >= 0.3 is 0 Å². The Kier molecular flexibility index (Phi) is 5.13. The lowest BCUT2D eigenvalue weighted by Crippen LogP contribution is -2.24. The minimum absolute atomic E-state index is 0.0389. The van der Waals surface area contributed by atoms with Gasteiger partial charge < -0.3 is 24.0 Å². The summed E-state index contributed by atoms with van der Waals surface area (Å²) in [6.45, 7) is 2.69. The van der Waals surface area contributed by atoms with Crippen LogP contribution in [-0.2, 0) is 7.05 Å². The van der Waals surface area contributed by atoms with E-state index in [9.17, 15) is 0 Å². The molecule has 1 N–H and O–H groups in total. The Labute approximate surface area is 184 Å². The topological polar surface area (TPSA) is 120 Å². The van der Waals surface area contributed by atoms with E-state index in [2.05, 4.69) is 35.3 Å². The molecule has 1 unspecified atom stereocenters. The Morgan fingerprint density at radius 2 is 2.00 bits per heavy atom.